The van der Waals surface area contributed by atoms with Crippen molar-refractivity contribution in [1.29, 1.82) is 0 Å². The van der Waals surface area contributed by atoms with Gasteiger partial charge in [-0.2, -0.15) is 0 Å². The number of carbonyl (C=O) groups is 1. The van der Waals surface area contributed by atoms with Crippen molar-refractivity contribution in [3.8, 4) is 0 Å². The second-order valence-corrected chi connectivity index (χ2v) is 5.03. The lowest BCUT2D eigenvalue weighted by molar-refractivity contribution is -0.146. The number of aliphatic hydroxyl groups is 1. The Hall–Kier alpha value is -1.58. The van der Waals surface area contributed by atoms with Gasteiger partial charge in [0, 0.05) is 18.4 Å². The van der Waals surface area contributed by atoms with Crippen LogP contribution in [0.25, 0.3) is 5.57 Å². The van der Waals surface area contributed by atoms with Crippen LogP contribution in [-0.4, -0.2) is 23.3 Å². The van der Waals surface area contributed by atoms with E-state index in [1.165, 1.54) is 6.92 Å². The van der Waals surface area contributed by atoms with Gasteiger partial charge in [0.15, 0.2) is 0 Å². The van der Waals surface area contributed by atoms with Crippen LogP contribution in [0.15, 0.2) is 47.5 Å². The van der Waals surface area contributed by atoms with Crippen LogP contribution in [0.1, 0.15) is 18.9 Å². The Morgan fingerprint density at radius 3 is 2.68 bits per heavy atom. The van der Waals surface area contributed by atoms with Gasteiger partial charge in [-0.1, -0.05) is 48.0 Å². The van der Waals surface area contributed by atoms with E-state index in [2.05, 4.69) is 0 Å². The Morgan fingerprint density at radius 2 is 2.11 bits per heavy atom. The lowest BCUT2D eigenvalue weighted by Crippen LogP contribution is -2.34. The molecule has 0 fully saturated rings. The Bertz CT molecular complexity index is 534. The van der Waals surface area contributed by atoms with E-state index in [-0.39, 0.29) is 13.0 Å². The fraction of sp³-hybridized carbons (Fsp3) is 0.267. The van der Waals surface area contributed by atoms with Crippen LogP contribution < -0.4 is 0 Å². The van der Waals surface area contributed by atoms with Gasteiger partial charge < -0.3 is 9.84 Å². The average Bonchev–Trinajstić information content (AvgIpc) is 2.38. The molecule has 1 N–H and O–H groups in total. The molecule has 0 bridgehead atoms. The summed E-state index contributed by atoms with van der Waals surface area (Å²) in [5, 5.41) is 10.8. The van der Waals surface area contributed by atoms with E-state index in [1.807, 2.05) is 30.3 Å². The molecule has 0 saturated carbocycles. The smallest absolute Gasteiger partial charge is 0.302 e. The molecule has 1 atom stereocenters. The second kappa shape index (κ2) is 5.59. The maximum absolute atomic E-state index is 10.8. The van der Waals surface area contributed by atoms with E-state index < -0.39 is 11.6 Å². The van der Waals surface area contributed by atoms with Gasteiger partial charge in [-0.3, -0.25) is 4.79 Å². The predicted molar refractivity (Wildman–Crippen MR) is 74.6 cm³/mol. The number of esters is 1. The molecule has 1 aromatic carbocycles. The summed E-state index contributed by atoms with van der Waals surface area (Å²) in [6.45, 7) is 1.22. The number of hydrogen-bond donors (Lipinski definition) is 1. The topological polar surface area (TPSA) is 46.5 Å². The number of benzene rings is 1. The normalized spacial score (nSPS) is 22.5. The first-order chi connectivity index (χ1) is 9.00. The van der Waals surface area contributed by atoms with Gasteiger partial charge in [0.05, 0.1) is 0 Å². The SMILES string of the molecule is CC(=O)OCC1(O)C=CC(c2ccccc2)=C(Cl)C1. The van der Waals surface area contributed by atoms with Crippen LogP contribution in [0, 0.1) is 0 Å². The zero-order valence-corrected chi connectivity index (χ0v) is 11.4. The van der Waals surface area contributed by atoms with E-state index in [9.17, 15) is 9.90 Å². The molecule has 1 aliphatic carbocycles. The number of rotatable bonds is 3. The van der Waals surface area contributed by atoms with Gasteiger partial charge in [0.25, 0.3) is 0 Å². The number of halogens is 1. The Morgan fingerprint density at radius 1 is 1.42 bits per heavy atom. The fourth-order valence-corrected chi connectivity index (χ4v) is 2.35. The molecule has 1 unspecified atom stereocenters. The standard InChI is InChI=1S/C15H15ClO3/c1-11(17)19-10-15(18)8-7-13(14(16)9-15)12-5-3-2-4-6-12/h2-8,18H,9-10H2,1H3. The average molecular weight is 279 g/mol. The first kappa shape index (κ1) is 13.8. The van der Waals surface area contributed by atoms with Crippen LogP contribution in [0.5, 0.6) is 0 Å². The summed E-state index contributed by atoms with van der Waals surface area (Å²) < 4.78 is 4.85. The summed E-state index contributed by atoms with van der Waals surface area (Å²) in [5.41, 5.74) is 0.661. The van der Waals surface area contributed by atoms with Crippen LogP contribution in [0.4, 0.5) is 0 Å². The molecule has 0 amide bonds. The van der Waals surface area contributed by atoms with E-state index in [0.717, 1.165) is 11.1 Å². The number of carbonyl (C=O) groups excluding carboxylic acids is 1. The minimum atomic E-state index is -1.22. The molecule has 4 heteroatoms. The molecule has 100 valence electrons. The molecule has 0 spiro atoms. The maximum atomic E-state index is 10.8. The van der Waals surface area contributed by atoms with Crippen molar-refractivity contribution in [2.24, 2.45) is 0 Å². The van der Waals surface area contributed by atoms with Gasteiger partial charge in [0.1, 0.15) is 12.2 Å². The summed E-state index contributed by atoms with van der Waals surface area (Å²) in [6, 6.07) is 9.71. The molecule has 0 aromatic heterocycles. The Labute approximate surface area is 117 Å². The fourth-order valence-electron chi connectivity index (χ4n) is 1.95. The second-order valence-electron chi connectivity index (χ2n) is 4.58. The third-order valence-corrected chi connectivity index (χ3v) is 3.26. The minimum absolute atomic E-state index is 0.0862. The zero-order valence-electron chi connectivity index (χ0n) is 10.6. The number of hydrogen-bond acceptors (Lipinski definition) is 3. The van der Waals surface area contributed by atoms with Gasteiger partial charge in [0.2, 0.25) is 0 Å². The van der Waals surface area contributed by atoms with Crippen molar-refractivity contribution in [3.05, 3.63) is 53.1 Å². The predicted octanol–water partition coefficient (Wildman–Crippen LogP) is 2.89. The summed E-state index contributed by atoms with van der Waals surface area (Å²) in [7, 11) is 0. The zero-order chi connectivity index (χ0) is 13.9. The molecular weight excluding hydrogens is 264 g/mol. The molecule has 1 aromatic rings. The third-order valence-electron chi connectivity index (χ3n) is 2.92. The highest BCUT2D eigenvalue weighted by atomic mass is 35.5. The van der Waals surface area contributed by atoms with Gasteiger partial charge >= 0.3 is 5.97 Å². The van der Waals surface area contributed by atoms with Crippen LogP contribution >= 0.6 is 11.6 Å². The molecular formula is C15H15ClO3. The third kappa shape index (κ3) is 3.46. The minimum Gasteiger partial charge on any atom is -0.462 e. The van der Waals surface area contributed by atoms with E-state index >= 15 is 0 Å². The van der Waals surface area contributed by atoms with Crippen molar-refractivity contribution < 1.29 is 14.6 Å². The number of allylic oxidation sites excluding steroid dienone is 2. The van der Waals surface area contributed by atoms with E-state index in [1.54, 1.807) is 12.2 Å². The first-order valence-electron chi connectivity index (χ1n) is 5.99. The number of ether oxygens (including phenoxy) is 1. The molecule has 19 heavy (non-hydrogen) atoms. The van der Waals surface area contributed by atoms with Crippen molar-refractivity contribution in [2.75, 3.05) is 6.61 Å². The van der Waals surface area contributed by atoms with Crippen molar-refractivity contribution in [2.45, 2.75) is 18.9 Å². The summed E-state index contributed by atoms with van der Waals surface area (Å²) in [5.74, 6) is -0.421. The highest BCUT2D eigenvalue weighted by Gasteiger charge is 2.30. The van der Waals surface area contributed by atoms with Gasteiger partial charge in [-0.05, 0) is 17.2 Å². The Balaban J connectivity index is 2.16. The molecule has 3 nitrogen and oxygen atoms in total. The van der Waals surface area contributed by atoms with Crippen molar-refractivity contribution >= 4 is 23.1 Å². The van der Waals surface area contributed by atoms with Crippen LogP contribution in [0.2, 0.25) is 0 Å². The van der Waals surface area contributed by atoms with Crippen LogP contribution in [0.3, 0.4) is 0 Å². The lowest BCUT2D eigenvalue weighted by Gasteiger charge is -2.28. The van der Waals surface area contributed by atoms with E-state index in [4.69, 9.17) is 16.3 Å². The summed E-state index contributed by atoms with van der Waals surface area (Å²) in [4.78, 5) is 10.8. The summed E-state index contributed by atoms with van der Waals surface area (Å²) in [6.07, 6.45) is 3.64. The highest BCUT2D eigenvalue weighted by Crippen LogP contribution is 2.34. The molecule has 0 radical (unpaired) electrons. The van der Waals surface area contributed by atoms with Crippen molar-refractivity contribution in [3.63, 3.8) is 0 Å². The first-order valence-corrected chi connectivity index (χ1v) is 6.37. The Kier molecular flexibility index (Phi) is 4.08. The van der Waals surface area contributed by atoms with Gasteiger partial charge in [-0.15, -0.1) is 0 Å². The summed E-state index contributed by atoms with van der Waals surface area (Å²) >= 11 is 6.24. The molecule has 0 aliphatic heterocycles. The van der Waals surface area contributed by atoms with Crippen LogP contribution in [-0.2, 0) is 9.53 Å². The monoisotopic (exact) mass is 278 g/mol. The molecule has 0 heterocycles. The highest BCUT2D eigenvalue weighted by molar-refractivity contribution is 6.33. The largest absolute Gasteiger partial charge is 0.462 e. The molecule has 2 rings (SSSR count). The molecule has 1 aliphatic rings. The van der Waals surface area contributed by atoms with Gasteiger partial charge in [-0.25, -0.2) is 0 Å². The quantitative estimate of drug-likeness (QED) is 0.865. The maximum Gasteiger partial charge on any atom is 0.302 e. The van der Waals surface area contributed by atoms with Crippen molar-refractivity contribution in [1.82, 2.24) is 0 Å². The van der Waals surface area contributed by atoms with E-state index in [0.29, 0.717) is 5.03 Å². The molecule has 0 saturated heterocycles. The lowest BCUT2D eigenvalue weighted by atomic mass is 9.90.